The number of aliphatic hydroxyl groups is 1. The van der Waals surface area contributed by atoms with Crippen molar-refractivity contribution in [1.82, 2.24) is 10.2 Å². The zero-order chi connectivity index (χ0) is 14.8. The lowest BCUT2D eigenvalue weighted by molar-refractivity contribution is 0.0556. The SMILES string of the molecule is CC1CC(C)CC(C(O)c2cn[nH]c2-c2ccccc2)C1. The molecule has 3 nitrogen and oxygen atoms in total. The van der Waals surface area contributed by atoms with E-state index in [4.69, 9.17) is 0 Å². The third-order valence-electron chi connectivity index (χ3n) is 4.71. The van der Waals surface area contributed by atoms with Crippen LogP contribution in [-0.4, -0.2) is 15.3 Å². The summed E-state index contributed by atoms with van der Waals surface area (Å²) in [7, 11) is 0. The van der Waals surface area contributed by atoms with Crippen molar-refractivity contribution in [3.05, 3.63) is 42.1 Å². The fourth-order valence-corrected chi connectivity index (χ4v) is 3.88. The lowest BCUT2D eigenvalue weighted by atomic mass is 9.73. The molecule has 1 heterocycles. The van der Waals surface area contributed by atoms with E-state index in [1.165, 1.54) is 6.42 Å². The number of aliphatic hydroxyl groups excluding tert-OH is 1. The van der Waals surface area contributed by atoms with Gasteiger partial charge in [-0.25, -0.2) is 0 Å². The van der Waals surface area contributed by atoms with Crippen LogP contribution >= 0.6 is 0 Å². The predicted molar refractivity (Wildman–Crippen MR) is 84.7 cm³/mol. The van der Waals surface area contributed by atoms with Gasteiger partial charge in [0.05, 0.1) is 18.0 Å². The maximum atomic E-state index is 10.9. The van der Waals surface area contributed by atoms with E-state index in [0.717, 1.165) is 29.7 Å². The summed E-state index contributed by atoms with van der Waals surface area (Å²) in [6.45, 7) is 4.59. The Labute approximate surface area is 126 Å². The molecule has 1 aliphatic carbocycles. The molecule has 1 aromatic heterocycles. The number of nitrogens with one attached hydrogen (secondary N) is 1. The van der Waals surface area contributed by atoms with Gasteiger partial charge in [-0.05, 0) is 42.6 Å². The summed E-state index contributed by atoms with van der Waals surface area (Å²) < 4.78 is 0. The Morgan fingerprint density at radius 3 is 2.43 bits per heavy atom. The molecular formula is C18H24N2O. The highest BCUT2D eigenvalue weighted by atomic mass is 16.3. The molecule has 1 fully saturated rings. The molecule has 0 aliphatic heterocycles. The van der Waals surface area contributed by atoms with Crippen LogP contribution in [0.15, 0.2) is 36.5 Å². The largest absolute Gasteiger partial charge is 0.388 e. The van der Waals surface area contributed by atoms with Gasteiger partial charge >= 0.3 is 0 Å². The molecule has 21 heavy (non-hydrogen) atoms. The summed E-state index contributed by atoms with van der Waals surface area (Å²) in [5.74, 6) is 1.73. The van der Waals surface area contributed by atoms with Crippen molar-refractivity contribution in [2.24, 2.45) is 17.8 Å². The Kier molecular flexibility index (Phi) is 4.11. The number of rotatable bonds is 3. The van der Waals surface area contributed by atoms with E-state index in [-0.39, 0.29) is 0 Å². The molecule has 0 radical (unpaired) electrons. The second-order valence-corrected chi connectivity index (χ2v) is 6.69. The molecule has 3 unspecified atom stereocenters. The molecule has 2 N–H and O–H groups in total. The molecule has 3 rings (SSSR count). The van der Waals surface area contributed by atoms with Crippen LogP contribution in [0.25, 0.3) is 11.3 Å². The van der Waals surface area contributed by atoms with Crippen LogP contribution in [0.1, 0.15) is 44.8 Å². The third-order valence-corrected chi connectivity index (χ3v) is 4.71. The van der Waals surface area contributed by atoms with E-state index in [2.05, 4.69) is 36.2 Å². The number of benzene rings is 1. The van der Waals surface area contributed by atoms with Crippen molar-refractivity contribution < 1.29 is 5.11 Å². The van der Waals surface area contributed by atoms with Crippen molar-refractivity contribution in [3.63, 3.8) is 0 Å². The topological polar surface area (TPSA) is 48.9 Å². The van der Waals surface area contributed by atoms with Gasteiger partial charge in [-0.15, -0.1) is 0 Å². The maximum absolute atomic E-state index is 10.9. The lowest BCUT2D eigenvalue weighted by Crippen LogP contribution is -2.24. The van der Waals surface area contributed by atoms with Gasteiger partial charge in [0.1, 0.15) is 0 Å². The van der Waals surface area contributed by atoms with Crippen molar-refractivity contribution in [2.75, 3.05) is 0 Å². The van der Waals surface area contributed by atoms with Crippen LogP contribution in [0.5, 0.6) is 0 Å². The molecule has 1 aromatic carbocycles. The van der Waals surface area contributed by atoms with Gasteiger partial charge in [-0.3, -0.25) is 5.10 Å². The minimum Gasteiger partial charge on any atom is -0.388 e. The summed E-state index contributed by atoms with van der Waals surface area (Å²) in [5.41, 5.74) is 2.97. The molecule has 112 valence electrons. The molecule has 0 saturated heterocycles. The second kappa shape index (κ2) is 6.02. The first-order valence-electron chi connectivity index (χ1n) is 7.92. The second-order valence-electron chi connectivity index (χ2n) is 6.69. The molecule has 1 aliphatic rings. The fraction of sp³-hybridized carbons (Fsp3) is 0.500. The van der Waals surface area contributed by atoms with Gasteiger partial charge in [0.25, 0.3) is 0 Å². The molecule has 0 spiro atoms. The van der Waals surface area contributed by atoms with E-state index in [1.807, 2.05) is 18.2 Å². The average molecular weight is 284 g/mol. The van der Waals surface area contributed by atoms with Crippen LogP contribution in [0, 0.1) is 17.8 Å². The summed E-state index contributed by atoms with van der Waals surface area (Å²) in [6.07, 6.45) is 4.84. The Hall–Kier alpha value is -1.61. The van der Waals surface area contributed by atoms with E-state index in [9.17, 15) is 5.11 Å². The van der Waals surface area contributed by atoms with Crippen LogP contribution in [0.4, 0.5) is 0 Å². The highest BCUT2D eigenvalue weighted by molar-refractivity contribution is 5.62. The van der Waals surface area contributed by atoms with Crippen LogP contribution < -0.4 is 0 Å². The highest BCUT2D eigenvalue weighted by Gasteiger charge is 2.31. The zero-order valence-electron chi connectivity index (χ0n) is 12.8. The van der Waals surface area contributed by atoms with Crippen molar-refractivity contribution in [3.8, 4) is 11.3 Å². The van der Waals surface area contributed by atoms with Gasteiger partial charge in [-0.2, -0.15) is 5.10 Å². The third kappa shape index (κ3) is 3.03. The Morgan fingerprint density at radius 2 is 1.76 bits per heavy atom. The van der Waals surface area contributed by atoms with Crippen molar-refractivity contribution in [2.45, 2.75) is 39.2 Å². The molecule has 3 heteroatoms. The molecule has 0 amide bonds. The first-order chi connectivity index (χ1) is 10.1. The number of hydrogen-bond acceptors (Lipinski definition) is 2. The molecule has 0 bridgehead atoms. The zero-order valence-corrected chi connectivity index (χ0v) is 12.8. The van der Waals surface area contributed by atoms with E-state index >= 15 is 0 Å². The summed E-state index contributed by atoms with van der Waals surface area (Å²) >= 11 is 0. The number of aromatic nitrogens is 2. The minimum absolute atomic E-state index is 0.337. The monoisotopic (exact) mass is 284 g/mol. The van der Waals surface area contributed by atoms with E-state index in [1.54, 1.807) is 6.20 Å². The van der Waals surface area contributed by atoms with Crippen LogP contribution in [0.2, 0.25) is 0 Å². The summed E-state index contributed by atoms with van der Waals surface area (Å²) in [4.78, 5) is 0. The van der Waals surface area contributed by atoms with Gasteiger partial charge in [0.2, 0.25) is 0 Å². The first kappa shape index (κ1) is 14.3. The van der Waals surface area contributed by atoms with Crippen LogP contribution in [-0.2, 0) is 0 Å². The number of H-pyrrole nitrogens is 1. The number of hydrogen-bond donors (Lipinski definition) is 2. The van der Waals surface area contributed by atoms with E-state index < -0.39 is 6.10 Å². The number of nitrogens with zero attached hydrogens (tertiary/aromatic N) is 1. The average Bonchev–Trinajstić information content (AvgIpc) is 2.95. The standard InChI is InChI=1S/C18H24N2O/c1-12-8-13(2)10-15(9-12)18(21)16-11-19-20-17(16)14-6-4-3-5-7-14/h3-7,11-13,15,18,21H,8-10H2,1-2H3,(H,19,20). The van der Waals surface area contributed by atoms with Gasteiger partial charge in [0, 0.05) is 5.56 Å². The quantitative estimate of drug-likeness (QED) is 0.888. The highest BCUT2D eigenvalue weighted by Crippen LogP contribution is 2.41. The fourth-order valence-electron chi connectivity index (χ4n) is 3.88. The first-order valence-corrected chi connectivity index (χ1v) is 7.92. The Balaban J connectivity index is 1.86. The van der Waals surface area contributed by atoms with Gasteiger partial charge in [0.15, 0.2) is 0 Å². The van der Waals surface area contributed by atoms with Gasteiger partial charge < -0.3 is 5.11 Å². The van der Waals surface area contributed by atoms with Crippen molar-refractivity contribution >= 4 is 0 Å². The molecule has 1 saturated carbocycles. The smallest absolute Gasteiger partial charge is 0.0855 e. The molecular weight excluding hydrogens is 260 g/mol. The van der Waals surface area contributed by atoms with Gasteiger partial charge in [-0.1, -0.05) is 44.2 Å². The summed E-state index contributed by atoms with van der Waals surface area (Å²) in [5, 5.41) is 18.1. The molecule has 2 aromatic rings. The Morgan fingerprint density at radius 1 is 1.10 bits per heavy atom. The van der Waals surface area contributed by atoms with E-state index in [0.29, 0.717) is 17.8 Å². The Bertz CT molecular complexity index is 568. The predicted octanol–water partition coefficient (Wildman–Crippen LogP) is 4.18. The lowest BCUT2D eigenvalue weighted by Gasteiger charge is -2.34. The maximum Gasteiger partial charge on any atom is 0.0855 e. The molecule has 3 atom stereocenters. The van der Waals surface area contributed by atoms with Crippen molar-refractivity contribution in [1.29, 1.82) is 0 Å². The van der Waals surface area contributed by atoms with Crippen LogP contribution in [0.3, 0.4) is 0 Å². The normalized spacial score (nSPS) is 27.5. The summed E-state index contributed by atoms with van der Waals surface area (Å²) in [6, 6.07) is 10.1. The minimum atomic E-state index is -0.427. The number of aromatic amines is 1.